The molecular weight excluding hydrogens is 238 g/mol. The second-order valence-corrected chi connectivity index (χ2v) is 6.78. The van der Waals surface area contributed by atoms with Gasteiger partial charge in [0.05, 0.1) is 12.6 Å². The van der Waals surface area contributed by atoms with Gasteiger partial charge in [-0.1, -0.05) is 13.8 Å². The van der Waals surface area contributed by atoms with Gasteiger partial charge in [-0.2, -0.15) is 5.26 Å². The molecule has 4 heteroatoms. The average Bonchev–Trinajstić information content (AvgIpc) is 3.10. The van der Waals surface area contributed by atoms with Gasteiger partial charge in [-0.05, 0) is 43.9 Å². The zero-order valence-corrected chi connectivity index (χ0v) is 12.3. The maximum absolute atomic E-state index is 12.1. The normalized spacial score (nSPS) is 31.3. The van der Waals surface area contributed by atoms with E-state index in [1.54, 1.807) is 0 Å². The van der Waals surface area contributed by atoms with Gasteiger partial charge in [0.1, 0.15) is 5.54 Å². The number of carbonyl (C=O) groups is 1. The van der Waals surface area contributed by atoms with E-state index in [0.29, 0.717) is 24.3 Å². The number of likely N-dealkylation sites (tertiary alicyclic amines) is 1. The Hall–Kier alpha value is -1.08. The van der Waals surface area contributed by atoms with Gasteiger partial charge in [0.15, 0.2) is 0 Å². The van der Waals surface area contributed by atoms with E-state index in [4.69, 9.17) is 0 Å². The molecule has 19 heavy (non-hydrogen) atoms. The summed E-state index contributed by atoms with van der Waals surface area (Å²) in [4.78, 5) is 14.3. The van der Waals surface area contributed by atoms with Crippen LogP contribution in [0.3, 0.4) is 0 Å². The van der Waals surface area contributed by atoms with Crippen molar-refractivity contribution in [3.05, 3.63) is 0 Å². The summed E-state index contributed by atoms with van der Waals surface area (Å²) in [5.41, 5.74) is -0.663. The van der Waals surface area contributed by atoms with Crippen molar-refractivity contribution >= 4 is 5.91 Å². The third-order valence-electron chi connectivity index (χ3n) is 4.34. The van der Waals surface area contributed by atoms with Gasteiger partial charge in [-0.3, -0.25) is 9.69 Å². The molecule has 3 atom stereocenters. The van der Waals surface area contributed by atoms with Gasteiger partial charge in [0.25, 0.3) is 0 Å². The summed E-state index contributed by atoms with van der Waals surface area (Å²) in [6, 6.07) is 2.28. The summed E-state index contributed by atoms with van der Waals surface area (Å²) in [6.07, 6.45) is 3.36. The highest BCUT2D eigenvalue weighted by Gasteiger charge is 2.43. The highest BCUT2D eigenvalue weighted by atomic mass is 16.2. The second kappa shape index (κ2) is 5.50. The van der Waals surface area contributed by atoms with Crippen LogP contribution in [0.4, 0.5) is 0 Å². The molecule has 1 N–H and O–H groups in total. The van der Waals surface area contributed by atoms with Crippen molar-refractivity contribution in [1.29, 1.82) is 5.26 Å². The van der Waals surface area contributed by atoms with Gasteiger partial charge in [-0.25, -0.2) is 0 Å². The van der Waals surface area contributed by atoms with Gasteiger partial charge in [0.2, 0.25) is 5.91 Å². The van der Waals surface area contributed by atoms with Gasteiger partial charge in [0, 0.05) is 13.1 Å². The molecule has 1 saturated heterocycles. The fourth-order valence-corrected chi connectivity index (χ4v) is 3.34. The number of rotatable bonds is 4. The summed E-state index contributed by atoms with van der Waals surface area (Å²) in [6.45, 7) is 8.74. The fraction of sp³-hybridized carbons (Fsp3) is 0.867. The smallest absolute Gasteiger partial charge is 0.235 e. The Bertz CT molecular complexity index is 375. The zero-order valence-electron chi connectivity index (χ0n) is 12.3. The monoisotopic (exact) mass is 263 g/mol. The van der Waals surface area contributed by atoms with Crippen LogP contribution in [0, 0.1) is 29.1 Å². The Morgan fingerprint density at radius 1 is 1.37 bits per heavy atom. The number of amides is 1. The quantitative estimate of drug-likeness (QED) is 0.841. The molecule has 2 aliphatic rings. The van der Waals surface area contributed by atoms with Crippen molar-refractivity contribution in [1.82, 2.24) is 10.2 Å². The molecular formula is C15H25N3O. The van der Waals surface area contributed by atoms with Crippen LogP contribution in [0.5, 0.6) is 0 Å². The number of nitriles is 1. The van der Waals surface area contributed by atoms with Crippen LogP contribution in [-0.4, -0.2) is 36.0 Å². The van der Waals surface area contributed by atoms with E-state index in [-0.39, 0.29) is 5.91 Å². The number of hydrogen-bond acceptors (Lipinski definition) is 3. The topological polar surface area (TPSA) is 56.1 Å². The lowest BCUT2D eigenvalue weighted by molar-refractivity contribution is -0.124. The van der Waals surface area contributed by atoms with Crippen LogP contribution in [-0.2, 0) is 4.79 Å². The van der Waals surface area contributed by atoms with E-state index in [9.17, 15) is 10.1 Å². The SMILES string of the molecule is C[C@H]1C[C@H](C)CN(CC(=O)N[C@@](C)(C#N)C2CC2)C1. The molecule has 1 aliphatic heterocycles. The first-order chi connectivity index (χ1) is 8.93. The van der Waals surface area contributed by atoms with Crippen LogP contribution < -0.4 is 5.32 Å². The van der Waals surface area contributed by atoms with Crippen LogP contribution in [0.25, 0.3) is 0 Å². The minimum absolute atomic E-state index is 0.00255. The van der Waals surface area contributed by atoms with E-state index in [2.05, 4.69) is 30.1 Å². The molecule has 106 valence electrons. The highest BCUT2D eigenvalue weighted by Crippen LogP contribution is 2.39. The Morgan fingerprint density at radius 2 is 1.95 bits per heavy atom. The number of hydrogen-bond donors (Lipinski definition) is 1. The van der Waals surface area contributed by atoms with Crippen molar-refractivity contribution in [2.45, 2.75) is 45.6 Å². The summed E-state index contributed by atoms with van der Waals surface area (Å²) in [5.74, 6) is 1.66. The molecule has 0 aromatic carbocycles. The molecule has 2 rings (SSSR count). The van der Waals surface area contributed by atoms with Crippen molar-refractivity contribution in [2.24, 2.45) is 17.8 Å². The summed E-state index contributed by atoms with van der Waals surface area (Å²) in [7, 11) is 0. The second-order valence-electron chi connectivity index (χ2n) is 6.78. The van der Waals surface area contributed by atoms with E-state index >= 15 is 0 Å². The molecule has 4 nitrogen and oxygen atoms in total. The Balaban J connectivity index is 1.85. The molecule has 1 saturated carbocycles. The minimum Gasteiger partial charge on any atom is -0.337 e. The van der Waals surface area contributed by atoms with E-state index in [0.717, 1.165) is 25.9 Å². The van der Waals surface area contributed by atoms with Crippen molar-refractivity contribution < 1.29 is 4.79 Å². The molecule has 0 aromatic heterocycles. The Kier molecular flexibility index (Phi) is 4.15. The maximum atomic E-state index is 12.1. The molecule has 1 aliphatic carbocycles. The molecule has 0 unspecified atom stereocenters. The number of nitrogens with one attached hydrogen (secondary N) is 1. The van der Waals surface area contributed by atoms with Gasteiger partial charge in [-0.15, -0.1) is 0 Å². The fourth-order valence-electron chi connectivity index (χ4n) is 3.34. The van der Waals surface area contributed by atoms with Crippen molar-refractivity contribution in [3.8, 4) is 6.07 Å². The van der Waals surface area contributed by atoms with E-state index in [1.165, 1.54) is 6.42 Å². The lowest BCUT2D eigenvalue weighted by Crippen LogP contribution is -2.51. The summed E-state index contributed by atoms with van der Waals surface area (Å²) < 4.78 is 0. The van der Waals surface area contributed by atoms with E-state index < -0.39 is 5.54 Å². The third-order valence-corrected chi connectivity index (χ3v) is 4.34. The minimum atomic E-state index is -0.663. The Labute approximate surface area is 116 Å². The molecule has 1 heterocycles. The molecule has 0 radical (unpaired) electrons. The van der Waals surface area contributed by atoms with Crippen LogP contribution in [0.1, 0.15) is 40.0 Å². The Morgan fingerprint density at radius 3 is 2.42 bits per heavy atom. The van der Waals surface area contributed by atoms with Crippen LogP contribution in [0.2, 0.25) is 0 Å². The summed E-state index contributed by atoms with van der Waals surface area (Å²) >= 11 is 0. The molecule has 0 spiro atoms. The van der Waals surface area contributed by atoms with Crippen LogP contribution in [0.15, 0.2) is 0 Å². The zero-order chi connectivity index (χ0) is 14.0. The van der Waals surface area contributed by atoms with E-state index in [1.807, 2.05) is 6.92 Å². The number of nitrogens with zero attached hydrogens (tertiary/aromatic N) is 2. The predicted octanol–water partition coefficient (Wildman–Crippen LogP) is 1.77. The first-order valence-electron chi connectivity index (χ1n) is 7.37. The first-order valence-corrected chi connectivity index (χ1v) is 7.37. The molecule has 2 fully saturated rings. The average molecular weight is 263 g/mol. The highest BCUT2D eigenvalue weighted by molar-refractivity contribution is 5.79. The molecule has 0 bridgehead atoms. The lowest BCUT2D eigenvalue weighted by Gasteiger charge is -2.35. The van der Waals surface area contributed by atoms with Gasteiger partial charge < -0.3 is 5.32 Å². The standard InChI is InChI=1S/C15H25N3O/c1-11-6-12(2)8-18(7-11)9-14(19)17-15(3,10-16)13-4-5-13/h11-13H,4-9H2,1-3H3,(H,17,19)/t11-,12-,15-/m0/s1. The molecule has 0 aromatic rings. The van der Waals surface area contributed by atoms with Gasteiger partial charge >= 0.3 is 0 Å². The number of piperidine rings is 1. The maximum Gasteiger partial charge on any atom is 0.235 e. The largest absolute Gasteiger partial charge is 0.337 e. The molecule has 1 amide bonds. The first kappa shape index (κ1) is 14.3. The van der Waals surface area contributed by atoms with Crippen LogP contribution >= 0.6 is 0 Å². The summed E-state index contributed by atoms with van der Waals surface area (Å²) in [5, 5.41) is 12.2. The predicted molar refractivity (Wildman–Crippen MR) is 74.3 cm³/mol. The number of carbonyl (C=O) groups excluding carboxylic acids is 1. The lowest BCUT2D eigenvalue weighted by atomic mass is 9.92. The van der Waals surface area contributed by atoms with Crippen molar-refractivity contribution in [3.63, 3.8) is 0 Å². The van der Waals surface area contributed by atoms with Crippen molar-refractivity contribution in [2.75, 3.05) is 19.6 Å². The third kappa shape index (κ3) is 3.70.